The smallest absolute Gasteiger partial charge is 0.258 e. The summed E-state index contributed by atoms with van der Waals surface area (Å²) in [5, 5.41) is 0. The maximum atomic E-state index is 13.7. The Morgan fingerprint density at radius 1 is 0.941 bits per heavy atom. The van der Waals surface area contributed by atoms with Crippen LogP contribution in [0.5, 0.6) is 0 Å². The van der Waals surface area contributed by atoms with E-state index in [0.29, 0.717) is 12.1 Å². The molecule has 2 atom stereocenters. The van der Waals surface area contributed by atoms with Crippen molar-refractivity contribution in [2.75, 3.05) is 18.0 Å². The van der Waals surface area contributed by atoms with E-state index >= 15 is 0 Å². The van der Waals surface area contributed by atoms with Crippen LogP contribution in [0.4, 0.5) is 5.69 Å². The van der Waals surface area contributed by atoms with Crippen molar-refractivity contribution in [1.29, 1.82) is 0 Å². The monoisotopic (exact) mass is 478 g/mol. The third-order valence-electron chi connectivity index (χ3n) is 5.88. The molecule has 0 bridgehead atoms. The van der Waals surface area contributed by atoms with Crippen LogP contribution < -0.4 is 4.90 Å². The molecule has 0 spiro atoms. The van der Waals surface area contributed by atoms with Crippen molar-refractivity contribution in [3.8, 4) is 0 Å². The summed E-state index contributed by atoms with van der Waals surface area (Å²) in [5.74, 6) is -0.256. The molecule has 1 amide bonds. The minimum absolute atomic E-state index is 0.114. The second kappa shape index (κ2) is 10.1. The molecule has 1 saturated heterocycles. The Kier molecular flexibility index (Phi) is 7.16. The lowest BCUT2D eigenvalue weighted by Crippen LogP contribution is -2.48. The van der Waals surface area contributed by atoms with Crippen molar-refractivity contribution in [2.45, 2.75) is 44.4 Å². The molecule has 3 aromatic rings. The maximum absolute atomic E-state index is 13.7. The number of rotatable bonds is 6. The van der Waals surface area contributed by atoms with Gasteiger partial charge in [-0.05, 0) is 56.7 Å². The van der Waals surface area contributed by atoms with Gasteiger partial charge in [-0.1, -0.05) is 54.1 Å². The summed E-state index contributed by atoms with van der Waals surface area (Å²) in [6, 6.07) is 23.8. The summed E-state index contributed by atoms with van der Waals surface area (Å²) in [6.07, 6.45) is -0.377. The van der Waals surface area contributed by atoms with Crippen LogP contribution in [0.2, 0.25) is 0 Å². The van der Waals surface area contributed by atoms with Gasteiger partial charge in [-0.15, -0.1) is 0 Å². The summed E-state index contributed by atoms with van der Waals surface area (Å²) in [7, 11) is -3.76. The van der Waals surface area contributed by atoms with E-state index in [1.807, 2.05) is 75.4 Å². The van der Waals surface area contributed by atoms with Gasteiger partial charge in [-0.3, -0.25) is 4.79 Å². The van der Waals surface area contributed by atoms with Gasteiger partial charge in [0.2, 0.25) is 10.0 Å². The van der Waals surface area contributed by atoms with Gasteiger partial charge in [-0.25, -0.2) is 8.42 Å². The van der Waals surface area contributed by atoms with Crippen LogP contribution >= 0.6 is 0 Å². The number of anilines is 1. The van der Waals surface area contributed by atoms with Crippen LogP contribution in [0.3, 0.4) is 0 Å². The number of carbonyl (C=O) groups is 1. The number of hydrogen-bond donors (Lipinski definition) is 0. The molecule has 4 rings (SSSR count). The first-order valence-corrected chi connectivity index (χ1v) is 12.9. The van der Waals surface area contributed by atoms with E-state index in [4.69, 9.17) is 4.74 Å². The van der Waals surface area contributed by atoms with Crippen molar-refractivity contribution >= 4 is 21.6 Å². The predicted molar refractivity (Wildman–Crippen MR) is 133 cm³/mol. The largest absolute Gasteiger partial charge is 0.373 e. The summed E-state index contributed by atoms with van der Waals surface area (Å²) >= 11 is 0. The van der Waals surface area contributed by atoms with Gasteiger partial charge >= 0.3 is 0 Å². The van der Waals surface area contributed by atoms with Gasteiger partial charge in [0, 0.05) is 24.3 Å². The fourth-order valence-corrected chi connectivity index (χ4v) is 5.83. The van der Waals surface area contributed by atoms with Crippen molar-refractivity contribution in [3.05, 3.63) is 95.6 Å². The van der Waals surface area contributed by atoms with Crippen molar-refractivity contribution in [1.82, 2.24) is 4.31 Å². The molecule has 34 heavy (non-hydrogen) atoms. The third kappa shape index (κ3) is 5.38. The second-order valence-electron chi connectivity index (χ2n) is 8.82. The van der Waals surface area contributed by atoms with E-state index in [1.165, 1.54) is 10.4 Å². The lowest BCUT2D eigenvalue weighted by molar-refractivity contribution is -0.0440. The van der Waals surface area contributed by atoms with E-state index in [2.05, 4.69) is 0 Å². The third-order valence-corrected chi connectivity index (χ3v) is 7.71. The van der Waals surface area contributed by atoms with Crippen LogP contribution in [-0.2, 0) is 21.3 Å². The van der Waals surface area contributed by atoms with Crippen molar-refractivity contribution < 1.29 is 17.9 Å². The summed E-state index contributed by atoms with van der Waals surface area (Å²) in [4.78, 5) is 15.5. The predicted octanol–water partition coefficient (Wildman–Crippen LogP) is 4.64. The molecule has 1 aliphatic rings. The molecule has 0 unspecified atom stereocenters. The van der Waals surface area contributed by atoms with Crippen LogP contribution in [0.1, 0.15) is 35.3 Å². The molecule has 1 aliphatic heterocycles. The summed E-state index contributed by atoms with van der Waals surface area (Å²) in [5.41, 5.74) is 3.16. The SMILES string of the molecule is Cc1ccc(N(Cc2ccccc2)C(=O)c2cccc(S(=O)(=O)N3C[C@@H](C)O[C@@H](C)C3)c2)cc1. The number of amides is 1. The zero-order valence-corrected chi connectivity index (χ0v) is 20.5. The molecule has 6 nitrogen and oxygen atoms in total. The topological polar surface area (TPSA) is 66.9 Å². The Morgan fingerprint density at radius 3 is 2.24 bits per heavy atom. The number of ether oxygens (including phenoxy) is 1. The average molecular weight is 479 g/mol. The second-order valence-corrected chi connectivity index (χ2v) is 10.8. The molecule has 0 aromatic heterocycles. The van der Waals surface area contributed by atoms with E-state index in [1.54, 1.807) is 23.1 Å². The van der Waals surface area contributed by atoms with Crippen LogP contribution in [0.15, 0.2) is 83.8 Å². The Hall–Kier alpha value is -3.00. The number of morpholine rings is 1. The molecule has 0 aliphatic carbocycles. The summed E-state index contributed by atoms with van der Waals surface area (Å²) in [6.45, 7) is 6.66. The van der Waals surface area contributed by atoms with Crippen LogP contribution in [0.25, 0.3) is 0 Å². The number of sulfonamides is 1. The van der Waals surface area contributed by atoms with E-state index < -0.39 is 10.0 Å². The highest BCUT2D eigenvalue weighted by atomic mass is 32.2. The highest BCUT2D eigenvalue weighted by molar-refractivity contribution is 7.89. The summed E-state index contributed by atoms with van der Waals surface area (Å²) < 4.78 is 33.9. The molecule has 1 fully saturated rings. The zero-order valence-electron chi connectivity index (χ0n) is 19.7. The Morgan fingerprint density at radius 2 is 1.59 bits per heavy atom. The van der Waals surface area contributed by atoms with Crippen molar-refractivity contribution in [2.24, 2.45) is 0 Å². The highest BCUT2D eigenvalue weighted by Crippen LogP contribution is 2.25. The highest BCUT2D eigenvalue weighted by Gasteiger charge is 2.32. The average Bonchev–Trinajstić information content (AvgIpc) is 2.83. The van der Waals surface area contributed by atoms with Gasteiger partial charge in [0.1, 0.15) is 0 Å². The fourth-order valence-electron chi connectivity index (χ4n) is 4.19. The van der Waals surface area contributed by atoms with Crippen LogP contribution in [-0.4, -0.2) is 43.9 Å². The van der Waals surface area contributed by atoms with Gasteiger partial charge in [0.05, 0.1) is 23.6 Å². The van der Waals surface area contributed by atoms with Gasteiger partial charge in [0.25, 0.3) is 5.91 Å². The van der Waals surface area contributed by atoms with E-state index in [0.717, 1.165) is 16.8 Å². The number of hydrogen-bond acceptors (Lipinski definition) is 4. The Balaban J connectivity index is 1.67. The first-order chi connectivity index (χ1) is 16.2. The molecule has 0 N–H and O–H groups in total. The molecular weight excluding hydrogens is 448 g/mol. The fraction of sp³-hybridized carbons (Fsp3) is 0.296. The van der Waals surface area contributed by atoms with Crippen LogP contribution in [0, 0.1) is 6.92 Å². The number of benzene rings is 3. The van der Waals surface area contributed by atoms with E-state index in [9.17, 15) is 13.2 Å². The first kappa shape index (κ1) is 24.1. The minimum atomic E-state index is -3.76. The lowest BCUT2D eigenvalue weighted by atomic mass is 10.1. The molecule has 0 saturated carbocycles. The lowest BCUT2D eigenvalue weighted by Gasteiger charge is -2.34. The molecule has 7 heteroatoms. The molecule has 0 radical (unpaired) electrons. The zero-order chi connectivity index (χ0) is 24.3. The van der Waals surface area contributed by atoms with E-state index in [-0.39, 0.29) is 36.1 Å². The molecule has 178 valence electrons. The number of nitrogens with zero attached hydrogens (tertiary/aromatic N) is 2. The Bertz CT molecular complexity index is 1230. The van der Waals surface area contributed by atoms with Gasteiger partial charge in [-0.2, -0.15) is 4.31 Å². The van der Waals surface area contributed by atoms with Crippen molar-refractivity contribution in [3.63, 3.8) is 0 Å². The Labute approximate surface area is 201 Å². The number of carbonyl (C=O) groups excluding carboxylic acids is 1. The standard InChI is InChI=1S/C27H30N2O4S/c1-20-12-14-25(15-13-20)29(19-23-8-5-4-6-9-23)27(30)24-10-7-11-26(16-24)34(31,32)28-17-21(2)33-22(3)18-28/h4-16,21-22H,17-19H2,1-3H3/t21-,22+. The van der Waals surface area contributed by atoms with Gasteiger partial charge < -0.3 is 9.64 Å². The molecular formula is C27H30N2O4S. The quantitative estimate of drug-likeness (QED) is 0.518. The van der Waals surface area contributed by atoms with Gasteiger partial charge in [0.15, 0.2) is 0 Å². The maximum Gasteiger partial charge on any atom is 0.258 e. The molecule has 1 heterocycles. The first-order valence-electron chi connectivity index (χ1n) is 11.4. The molecule has 3 aromatic carbocycles. The number of aryl methyl sites for hydroxylation is 1. The minimum Gasteiger partial charge on any atom is -0.373 e. The normalized spacial score (nSPS) is 19.0.